The van der Waals surface area contributed by atoms with Crippen LogP contribution in [0.15, 0.2) is 40.9 Å². The van der Waals surface area contributed by atoms with Gasteiger partial charge in [0.25, 0.3) is 0 Å². The summed E-state index contributed by atoms with van der Waals surface area (Å²) in [6.07, 6.45) is 0.378. The highest BCUT2D eigenvalue weighted by Gasteiger charge is 2.34. The van der Waals surface area contributed by atoms with E-state index in [1.807, 2.05) is 24.3 Å². The topological polar surface area (TPSA) is 38.7 Å². The van der Waals surface area contributed by atoms with Crippen molar-refractivity contribution < 1.29 is 14.6 Å². The van der Waals surface area contributed by atoms with Crippen molar-refractivity contribution >= 4 is 15.9 Å². The van der Waals surface area contributed by atoms with Gasteiger partial charge in [0.05, 0.1) is 6.10 Å². The van der Waals surface area contributed by atoms with E-state index >= 15 is 0 Å². The molecule has 0 fully saturated rings. The minimum atomic E-state index is -0.537. The Morgan fingerprint density at radius 2 is 1.81 bits per heavy atom. The second-order valence-electron chi connectivity index (χ2n) is 5.47. The normalized spacial score (nSPS) is 20.4. The molecule has 4 rings (SSSR count). The molecule has 0 saturated heterocycles. The summed E-state index contributed by atoms with van der Waals surface area (Å²) in [5, 5.41) is 10.7. The lowest BCUT2D eigenvalue weighted by Crippen LogP contribution is -2.24. The molecule has 0 amide bonds. The molecule has 0 saturated carbocycles. The number of hydrogen-bond acceptors (Lipinski definition) is 3. The predicted octanol–water partition coefficient (Wildman–Crippen LogP) is 3.59. The van der Waals surface area contributed by atoms with Crippen molar-refractivity contribution in [2.45, 2.75) is 18.4 Å². The second-order valence-corrected chi connectivity index (χ2v) is 6.33. The lowest BCUT2D eigenvalue weighted by atomic mass is 9.73. The molecule has 3 nitrogen and oxygen atoms in total. The SMILES string of the molecule is OC(c1cc2c(cc1Br)OCCO2)C1Cc2ccccc21. The van der Waals surface area contributed by atoms with Crippen LogP contribution in [-0.2, 0) is 6.42 Å². The van der Waals surface area contributed by atoms with Crippen molar-refractivity contribution in [2.75, 3.05) is 13.2 Å². The summed E-state index contributed by atoms with van der Waals surface area (Å²) in [5.41, 5.74) is 3.43. The summed E-state index contributed by atoms with van der Waals surface area (Å²) in [7, 11) is 0. The molecule has 1 aliphatic heterocycles. The van der Waals surface area contributed by atoms with Gasteiger partial charge < -0.3 is 14.6 Å². The van der Waals surface area contributed by atoms with E-state index in [2.05, 4.69) is 28.1 Å². The van der Waals surface area contributed by atoms with Crippen LogP contribution < -0.4 is 9.47 Å². The fourth-order valence-electron chi connectivity index (χ4n) is 3.10. The van der Waals surface area contributed by atoms with E-state index in [4.69, 9.17) is 9.47 Å². The number of fused-ring (bicyclic) bond motifs is 2. The van der Waals surface area contributed by atoms with Crippen molar-refractivity contribution in [1.82, 2.24) is 0 Å². The van der Waals surface area contributed by atoms with Crippen molar-refractivity contribution in [3.63, 3.8) is 0 Å². The number of hydrogen-bond donors (Lipinski definition) is 1. The van der Waals surface area contributed by atoms with Gasteiger partial charge in [-0.2, -0.15) is 0 Å². The lowest BCUT2D eigenvalue weighted by Gasteiger charge is -2.34. The monoisotopic (exact) mass is 346 g/mol. The summed E-state index contributed by atoms with van der Waals surface area (Å²) < 4.78 is 12.0. The zero-order valence-corrected chi connectivity index (χ0v) is 13.0. The Kier molecular flexibility index (Phi) is 3.16. The molecule has 108 valence electrons. The predicted molar refractivity (Wildman–Crippen MR) is 83.0 cm³/mol. The van der Waals surface area contributed by atoms with Crippen LogP contribution in [0.1, 0.15) is 28.7 Å². The highest BCUT2D eigenvalue weighted by Crippen LogP contribution is 2.47. The third-order valence-corrected chi connectivity index (χ3v) is 4.94. The summed E-state index contributed by atoms with van der Waals surface area (Å²) in [4.78, 5) is 0. The number of benzene rings is 2. The van der Waals surface area contributed by atoms with Crippen LogP contribution in [0.25, 0.3) is 0 Å². The molecule has 21 heavy (non-hydrogen) atoms. The van der Waals surface area contributed by atoms with E-state index < -0.39 is 6.10 Å². The molecule has 1 N–H and O–H groups in total. The van der Waals surface area contributed by atoms with Gasteiger partial charge in [-0.25, -0.2) is 0 Å². The molecule has 1 aliphatic carbocycles. The number of halogens is 1. The lowest BCUT2D eigenvalue weighted by molar-refractivity contribution is 0.131. The zero-order valence-electron chi connectivity index (χ0n) is 11.4. The van der Waals surface area contributed by atoms with Gasteiger partial charge in [0.2, 0.25) is 0 Å². The fraction of sp³-hybridized carbons (Fsp3) is 0.294. The van der Waals surface area contributed by atoms with Crippen LogP contribution in [0.4, 0.5) is 0 Å². The van der Waals surface area contributed by atoms with Crippen LogP contribution in [0.5, 0.6) is 11.5 Å². The Morgan fingerprint density at radius 1 is 1.10 bits per heavy atom. The first kappa shape index (κ1) is 13.2. The third-order valence-electron chi connectivity index (χ3n) is 4.26. The molecule has 0 spiro atoms. The first-order valence-electron chi connectivity index (χ1n) is 7.09. The highest BCUT2D eigenvalue weighted by molar-refractivity contribution is 9.10. The fourth-order valence-corrected chi connectivity index (χ4v) is 3.66. The van der Waals surface area contributed by atoms with E-state index in [-0.39, 0.29) is 5.92 Å². The smallest absolute Gasteiger partial charge is 0.162 e. The van der Waals surface area contributed by atoms with Crippen LogP contribution >= 0.6 is 15.9 Å². The quantitative estimate of drug-likeness (QED) is 0.902. The standard InChI is InChI=1S/C17H15BrO3/c18-14-9-16-15(20-5-6-21-16)8-13(14)17(19)12-7-10-3-1-2-4-11(10)12/h1-4,8-9,12,17,19H,5-7H2. The molecule has 2 aliphatic rings. The Labute approximate surface area is 131 Å². The second kappa shape index (κ2) is 5.04. The number of ether oxygens (including phenoxy) is 2. The Balaban J connectivity index is 1.68. The number of rotatable bonds is 2. The minimum absolute atomic E-state index is 0.153. The molecular weight excluding hydrogens is 332 g/mol. The van der Waals surface area contributed by atoms with Gasteiger partial charge >= 0.3 is 0 Å². The molecule has 2 unspecified atom stereocenters. The molecule has 2 aromatic rings. The van der Waals surface area contributed by atoms with Crippen LogP contribution in [0.3, 0.4) is 0 Å². The summed E-state index contributed by atoms with van der Waals surface area (Å²) in [5.74, 6) is 1.60. The van der Waals surface area contributed by atoms with Crippen LogP contribution in [0.2, 0.25) is 0 Å². The summed E-state index contributed by atoms with van der Waals surface area (Å²) in [6, 6.07) is 12.1. The van der Waals surface area contributed by atoms with Gasteiger partial charge in [0.1, 0.15) is 13.2 Å². The minimum Gasteiger partial charge on any atom is -0.486 e. The maximum atomic E-state index is 10.7. The first-order chi connectivity index (χ1) is 10.2. The Bertz CT molecular complexity index is 698. The van der Waals surface area contributed by atoms with Gasteiger partial charge in [0, 0.05) is 10.4 Å². The molecule has 1 heterocycles. The van der Waals surface area contributed by atoms with E-state index in [0.717, 1.165) is 22.2 Å². The first-order valence-corrected chi connectivity index (χ1v) is 7.88. The van der Waals surface area contributed by atoms with E-state index in [9.17, 15) is 5.11 Å². The van der Waals surface area contributed by atoms with Gasteiger partial charge in [-0.1, -0.05) is 40.2 Å². The third kappa shape index (κ3) is 2.14. The van der Waals surface area contributed by atoms with Crippen LogP contribution in [-0.4, -0.2) is 18.3 Å². The van der Waals surface area contributed by atoms with E-state index in [1.54, 1.807) is 0 Å². The maximum Gasteiger partial charge on any atom is 0.162 e. The molecular formula is C17H15BrO3. The summed E-state index contributed by atoms with van der Waals surface area (Å²) in [6.45, 7) is 1.12. The average Bonchev–Trinajstić information content (AvgIpc) is 2.47. The van der Waals surface area contributed by atoms with Crippen molar-refractivity contribution in [3.05, 3.63) is 57.6 Å². The zero-order chi connectivity index (χ0) is 14.4. The van der Waals surface area contributed by atoms with E-state index in [1.165, 1.54) is 11.1 Å². The summed E-state index contributed by atoms with van der Waals surface area (Å²) >= 11 is 3.54. The van der Waals surface area contributed by atoms with Gasteiger partial charge in [-0.3, -0.25) is 0 Å². The molecule has 0 aromatic heterocycles. The maximum absolute atomic E-state index is 10.7. The Morgan fingerprint density at radius 3 is 2.57 bits per heavy atom. The van der Waals surface area contributed by atoms with Gasteiger partial charge in [-0.15, -0.1) is 0 Å². The van der Waals surface area contributed by atoms with Crippen molar-refractivity contribution in [2.24, 2.45) is 0 Å². The van der Waals surface area contributed by atoms with Gasteiger partial charge in [0.15, 0.2) is 11.5 Å². The molecule has 2 aromatic carbocycles. The van der Waals surface area contributed by atoms with Crippen LogP contribution in [0, 0.1) is 0 Å². The van der Waals surface area contributed by atoms with Crippen molar-refractivity contribution in [3.8, 4) is 11.5 Å². The highest BCUT2D eigenvalue weighted by atomic mass is 79.9. The number of aliphatic hydroxyl groups is 1. The molecule has 0 radical (unpaired) electrons. The number of aliphatic hydroxyl groups excluding tert-OH is 1. The van der Waals surface area contributed by atoms with Gasteiger partial charge in [-0.05, 0) is 35.2 Å². The largest absolute Gasteiger partial charge is 0.486 e. The molecule has 2 atom stereocenters. The molecule has 4 heteroatoms. The average molecular weight is 347 g/mol. The van der Waals surface area contributed by atoms with E-state index in [0.29, 0.717) is 19.0 Å². The molecule has 0 bridgehead atoms. The van der Waals surface area contributed by atoms with Crippen molar-refractivity contribution in [1.29, 1.82) is 0 Å². The Hall–Kier alpha value is -1.52.